The molecule has 0 radical (unpaired) electrons. The molecular weight excluding hydrogens is 380 g/mol. The first-order valence-corrected chi connectivity index (χ1v) is 10.6. The van der Waals surface area contributed by atoms with E-state index < -0.39 is 0 Å². The van der Waals surface area contributed by atoms with Crippen molar-refractivity contribution in [3.8, 4) is 0 Å². The average molecular weight is 414 g/mol. The summed E-state index contributed by atoms with van der Waals surface area (Å²) < 4.78 is 24.4. The van der Waals surface area contributed by atoms with Crippen LogP contribution in [-0.2, 0) is 26.0 Å². The van der Waals surface area contributed by atoms with Crippen LogP contribution in [0, 0.1) is 0 Å². The Kier molecular flexibility index (Phi) is 9.82. The van der Waals surface area contributed by atoms with E-state index in [2.05, 4.69) is 53.5 Å². The van der Waals surface area contributed by atoms with E-state index in [-0.39, 0.29) is 0 Å². The summed E-state index contributed by atoms with van der Waals surface area (Å²) in [5.74, 6) is 0. The molecule has 0 saturated carbocycles. The summed E-state index contributed by atoms with van der Waals surface area (Å²) in [6, 6.07) is 12.8. The minimum atomic E-state index is 0.596. The molecular formula is C24H33N2O4+. The zero-order valence-corrected chi connectivity index (χ0v) is 17.9. The highest BCUT2D eigenvalue weighted by Crippen LogP contribution is 2.17. The van der Waals surface area contributed by atoms with Gasteiger partial charge in [0.15, 0.2) is 12.4 Å². The zero-order valence-electron chi connectivity index (χ0n) is 17.9. The van der Waals surface area contributed by atoms with Crippen LogP contribution >= 0.6 is 0 Å². The second-order valence-electron chi connectivity index (χ2n) is 7.16. The first-order valence-electron chi connectivity index (χ1n) is 10.6. The third kappa shape index (κ3) is 8.24. The van der Waals surface area contributed by atoms with Crippen LogP contribution in [-0.4, -0.2) is 65.9 Å². The quantitative estimate of drug-likeness (QED) is 0.724. The number of aryl methyl sites for hydroxylation is 1. The zero-order chi connectivity index (χ0) is 20.9. The number of rotatable bonds is 3. The van der Waals surface area contributed by atoms with Crippen LogP contribution in [0.1, 0.15) is 11.1 Å². The van der Waals surface area contributed by atoms with Crippen molar-refractivity contribution < 1.29 is 23.5 Å². The molecule has 30 heavy (non-hydrogen) atoms. The fourth-order valence-electron chi connectivity index (χ4n) is 3.09. The summed E-state index contributed by atoms with van der Waals surface area (Å²) in [6.45, 7) is 6.54. The molecule has 0 spiro atoms. The lowest BCUT2D eigenvalue weighted by Gasteiger charge is -2.25. The molecule has 1 aliphatic heterocycles. The van der Waals surface area contributed by atoms with E-state index in [0.29, 0.717) is 52.9 Å². The number of anilines is 1. The van der Waals surface area contributed by atoms with Crippen LogP contribution in [0.2, 0.25) is 0 Å². The van der Waals surface area contributed by atoms with Gasteiger partial charge in [0.2, 0.25) is 0 Å². The lowest BCUT2D eigenvalue weighted by Crippen LogP contribution is -2.31. The first-order chi connectivity index (χ1) is 14.8. The number of hydrogen-bond donors (Lipinski definition) is 0. The lowest BCUT2D eigenvalue weighted by molar-refractivity contribution is -0.671. The topological polar surface area (TPSA) is 44.0 Å². The van der Waals surface area contributed by atoms with Crippen molar-refractivity contribution in [2.75, 3.05) is 70.8 Å². The summed E-state index contributed by atoms with van der Waals surface area (Å²) in [4.78, 5) is 2.30. The van der Waals surface area contributed by atoms with Gasteiger partial charge in [0.1, 0.15) is 7.05 Å². The van der Waals surface area contributed by atoms with E-state index in [4.69, 9.17) is 18.9 Å². The maximum atomic E-state index is 5.72. The summed E-state index contributed by atoms with van der Waals surface area (Å²) in [5.41, 5.74) is 3.53. The normalized spacial score (nSPS) is 18.1. The number of nitrogens with zero attached hydrogens (tertiary/aromatic N) is 2. The van der Waals surface area contributed by atoms with Gasteiger partial charge >= 0.3 is 0 Å². The van der Waals surface area contributed by atoms with Gasteiger partial charge in [0, 0.05) is 30.9 Å². The summed E-state index contributed by atoms with van der Waals surface area (Å²) in [5, 5.41) is 0. The Labute approximate surface area is 179 Å². The standard InChI is InChI=1S/C24H33N2O4/c1-25-10-8-23(9-11-25)3-2-22-4-6-24(7-5-22)26-12-14-27-16-18-29-20-21-30-19-17-28-15-13-26/h2-11H,12-21H2,1H3/q+1. The van der Waals surface area contributed by atoms with Gasteiger partial charge in [-0.3, -0.25) is 0 Å². The van der Waals surface area contributed by atoms with Gasteiger partial charge in [-0.2, -0.15) is 0 Å². The molecule has 1 saturated heterocycles. The van der Waals surface area contributed by atoms with Crippen molar-refractivity contribution in [3.05, 3.63) is 59.9 Å². The molecule has 0 atom stereocenters. The molecule has 1 aliphatic rings. The van der Waals surface area contributed by atoms with Crippen LogP contribution in [0.15, 0.2) is 48.8 Å². The molecule has 3 rings (SSSR count). The van der Waals surface area contributed by atoms with E-state index in [1.165, 1.54) is 16.8 Å². The Bertz CT molecular complexity index is 731. The maximum Gasteiger partial charge on any atom is 0.169 e. The van der Waals surface area contributed by atoms with E-state index in [1.807, 2.05) is 24.0 Å². The van der Waals surface area contributed by atoms with Crippen LogP contribution < -0.4 is 9.47 Å². The van der Waals surface area contributed by atoms with Crippen LogP contribution in [0.5, 0.6) is 0 Å². The lowest BCUT2D eigenvalue weighted by atomic mass is 10.1. The molecule has 1 aromatic carbocycles. The van der Waals surface area contributed by atoms with E-state index in [0.717, 1.165) is 13.1 Å². The third-order valence-electron chi connectivity index (χ3n) is 4.86. The monoisotopic (exact) mass is 413 g/mol. The highest BCUT2D eigenvalue weighted by molar-refractivity contribution is 5.70. The second kappa shape index (κ2) is 13.1. The van der Waals surface area contributed by atoms with Gasteiger partial charge in [0.25, 0.3) is 0 Å². The molecule has 0 N–H and O–H groups in total. The Morgan fingerprint density at radius 2 is 1.07 bits per heavy atom. The van der Waals surface area contributed by atoms with Crippen molar-refractivity contribution in [2.45, 2.75) is 0 Å². The Hall–Kier alpha value is -2.25. The summed E-state index contributed by atoms with van der Waals surface area (Å²) >= 11 is 0. The molecule has 6 nitrogen and oxygen atoms in total. The van der Waals surface area contributed by atoms with E-state index in [9.17, 15) is 0 Å². The van der Waals surface area contributed by atoms with Crippen LogP contribution in [0.4, 0.5) is 5.69 Å². The predicted molar refractivity (Wildman–Crippen MR) is 118 cm³/mol. The number of ether oxygens (including phenoxy) is 4. The highest BCUT2D eigenvalue weighted by Gasteiger charge is 2.07. The predicted octanol–water partition coefficient (Wildman–Crippen LogP) is 2.57. The van der Waals surface area contributed by atoms with Crippen molar-refractivity contribution in [2.24, 2.45) is 7.05 Å². The first kappa shape index (κ1) is 22.4. The molecule has 0 aliphatic carbocycles. The fraction of sp³-hybridized carbons (Fsp3) is 0.458. The molecule has 2 heterocycles. The van der Waals surface area contributed by atoms with Gasteiger partial charge in [-0.15, -0.1) is 0 Å². The molecule has 0 bridgehead atoms. The smallest absolute Gasteiger partial charge is 0.169 e. The second-order valence-corrected chi connectivity index (χ2v) is 7.16. The molecule has 162 valence electrons. The van der Waals surface area contributed by atoms with Crippen molar-refractivity contribution in [1.82, 2.24) is 0 Å². The van der Waals surface area contributed by atoms with Gasteiger partial charge in [0.05, 0.1) is 52.9 Å². The summed E-state index contributed by atoms with van der Waals surface area (Å²) in [7, 11) is 2.02. The van der Waals surface area contributed by atoms with Gasteiger partial charge in [-0.05, 0) is 23.3 Å². The average Bonchev–Trinajstić information content (AvgIpc) is 2.78. The van der Waals surface area contributed by atoms with Crippen LogP contribution in [0.25, 0.3) is 12.2 Å². The molecule has 6 heteroatoms. The molecule has 1 aromatic heterocycles. The number of pyridine rings is 1. The third-order valence-corrected chi connectivity index (χ3v) is 4.86. The maximum absolute atomic E-state index is 5.72. The number of hydrogen-bond acceptors (Lipinski definition) is 5. The molecule has 0 amide bonds. The fourth-order valence-corrected chi connectivity index (χ4v) is 3.09. The largest absolute Gasteiger partial charge is 0.377 e. The van der Waals surface area contributed by atoms with Crippen LogP contribution in [0.3, 0.4) is 0 Å². The Morgan fingerprint density at radius 1 is 0.633 bits per heavy atom. The Morgan fingerprint density at radius 3 is 1.57 bits per heavy atom. The number of aromatic nitrogens is 1. The van der Waals surface area contributed by atoms with Gasteiger partial charge in [-0.25, -0.2) is 4.57 Å². The minimum Gasteiger partial charge on any atom is -0.377 e. The molecule has 2 aromatic rings. The van der Waals surface area contributed by atoms with Gasteiger partial charge in [-0.1, -0.05) is 24.3 Å². The highest BCUT2D eigenvalue weighted by atomic mass is 16.6. The number of benzene rings is 1. The van der Waals surface area contributed by atoms with Crippen molar-refractivity contribution in [1.29, 1.82) is 0 Å². The van der Waals surface area contributed by atoms with E-state index in [1.54, 1.807) is 0 Å². The SMILES string of the molecule is C[n+]1ccc(/C=C/c2ccc(N3CCOCCOCCOCCOCC3)cc2)cc1. The van der Waals surface area contributed by atoms with Crippen molar-refractivity contribution >= 4 is 17.8 Å². The van der Waals surface area contributed by atoms with Gasteiger partial charge < -0.3 is 23.8 Å². The van der Waals surface area contributed by atoms with E-state index >= 15 is 0 Å². The minimum absolute atomic E-state index is 0.596. The summed E-state index contributed by atoms with van der Waals surface area (Å²) in [6.07, 6.45) is 8.36. The molecule has 1 fully saturated rings. The van der Waals surface area contributed by atoms with Crippen molar-refractivity contribution in [3.63, 3.8) is 0 Å². The molecule has 0 unspecified atom stereocenters. The Balaban J connectivity index is 1.57.